The predicted octanol–water partition coefficient (Wildman–Crippen LogP) is 2.57. The Kier molecular flexibility index (Phi) is 7.64. The van der Waals surface area contributed by atoms with Crippen LogP contribution in [0, 0.1) is 11.8 Å². The highest BCUT2D eigenvalue weighted by molar-refractivity contribution is 5.94. The Morgan fingerprint density at radius 3 is 1.94 bits per heavy atom. The molecule has 0 aromatic rings. The third-order valence-electron chi connectivity index (χ3n) is 2.49. The number of hydrogen-bond acceptors (Lipinski definition) is 1. The van der Waals surface area contributed by atoms with E-state index in [1.165, 1.54) is 0 Å². The number of rotatable bonds is 4. The summed E-state index contributed by atoms with van der Waals surface area (Å²) in [6, 6.07) is 0. The number of guanidine groups is 1. The lowest BCUT2D eigenvalue weighted by molar-refractivity contribution is 0.418. The van der Waals surface area contributed by atoms with E-state index in [1.807, 2.05) is 25.9 Å². The van der Waals surface area contributed by atoms with Crippen LogP contribution >= 0.6 is 0 Å². The molecule has 0 N–H and O–H groups in total. The molecule has 0 bridgehead atoms. The van der Waals surface area contributed by atoms with Crippen molar-refractivity contribution in [1.82, 2.24) is 9.80 Å². The van der Waals surface area contributed by atoms with Crippen molar-refractivity contribution in [2.75, 3.05) is 34.2 Å². The van der Waals surface area contributed by atoms with Gasteiger partial charge in [0.05, 0.1) is 0 Å². The van der Waals surface area contributed by atoms with Crippen molar-refractivity contribution >= 4 is 11.8 Å². The Morgan fingerprint density at radius 2 is 1.56 bits per heavy atom. The smallest absolute Gasteiger partial charge is 0.222 e. The van der Waals surface area contributed by atoms with Gasteiger partial charge in [-0.1, -0.05) is 27.7 Å². The van der Waals surface area contributed by atoms with Crippen molar-refractivity contribution in [3.05, 3.63) is 0 Å². The summed E-state index contributed by atoms with van der Waals surface area (Å²) in [5, 5.41) is 0. The maximum absolute atomic E-state index is 4.63. The summed E-state index contributed by atoms with van der Waals surface area (Å²) in [6.45, 7) is 12.6. The van der Waals surface area contributed by atoms with E-state index in [4.69, 9.17) is 0 Å². The van der Waals surface area contributed by atoms with E-state index in [1.54, 1.807) is 0 Å². The molecule has 0 heterocycles. The Hall–Kier alpha value is -1.06. The summed E-state index contributed by atoms with van der Waals surface area (Å²) in [5.41, 5.74) is 0. The van der Waals surface area contributed by atoms with Gasteiger partial charge in [0.25, 0.3) is 0 Å². The summed E-state index contributed by atoms with van der Waals surface area (Å²) in [5.74, 6) is 2.98. The van der Waals surface area contributed by atoms with Gasteiger partial charge in [0.2, 0.25) is 5.96 Å². The molecule has 4 heteroatoms. The van der Waals surface area contributed by atoms with Crippen LogP contribution in [0.1, 0.15) is 34.6 Å². The normalized spacial score (nSPS) is 13.4. The van der Waals surface area contributed by atoms with E-state index >= 15 is 0 Å². The summed E-state index contributed by atoms with van der Waals surface area (Å²) in [6.07, 6.45) is 0. The molecule has 0 fully saturated rings. The van der Waals surface area contributed by atoms with E-state index in [9.17, 15) is 0 Å². The molecule has 0 atom stereocenters. The first-order valence-corrected chi connectivity index (χ1v) is 6.72. The Morgan fingerprint density at radius 1 is 1.00 bits per heavy atom. The zero-order valence-corrected chi connectivity index (χ0v) is 13.4. The third kappa shape index (κ3) is 7.30. The van der Waals surface area contributed by atoms with E-state index in [0.29, 0.717) is 11.8 Å². The fraction of sp³-hybridized carbons (Fsp3) is 0.857. The lowest BCUT2D eigenvalue weighted by atomic mass is 10.2. The monoisotopic (exact) mass is 254 g/mol. The lowest BCUT2D eigenvalue weighted by Crippen LogP contribution is -2.32. The van der Waals surface area contributed by atoms with Crippen LogP contribution in [0.15, 0.2) is 9.98 Å². The molecule has 0 saturated carbocycles. The lowest BCUT2D eigenvalue weighted by Gasteiger charge is -2.22. The second-order valence-corrected chi connectivity index (χ2v) is 5.86. The van der Waals surface area contributed by atoms with E-state index in [-0.39, 0.29) is 0 Å². The second-order valence-electron chi connectivity index (χ2n) is 5.86. The van der Waals surface area contributed by atoms with Gasteiger partial charge in [-0.25, -0.2) is 4.99 Å². The number of hydrogen-bond donors (Lipinski definition) is 0. The van der Waals surface area contributed by atoms with Gasteiger partial charge in [0, 0.05) is 34.2 Å². The van der Waals surface area contributed by atoms with Gasteiger partial charge < -0.3 is 9.80 Å². The molecule has 0 radical (unpaired) electrons. The Bertz CT molecular complexity index is 290. The molecular weight excluding hydrogens is 224 g/mol. The molecule has 4 nitrogen and oxygen atoms in total. The summed E-state index contributed by atoms with van der Waals surface area (Å²) in [4.78, 5) is 13.4. The highest BCUT2D eigenvalue weighted by Gasteiger charge is 2.09. The van der Waals surface area contributed by atoms with Gasteiger partial charge in [0.1, 0.15) is 5.84 Å². The molecule has 0 aliphatic rings. The highest BCUT2D eigenvalue weighted by Crippen LogP contribution is 2.02. The Labute approximate surface area is 113 Å². The zero-order valence-electron chi connectivity index (χ0n) is 13.4. The van der Waals surface area contributed by atoms with Gasteiger partial charge in [-0.2, -0.15) is 0 Å². The van der Waals surface area contributed by atoms with Crippen molar-refractivity contribution in [2.45, 2.75) is 34.6 Å². The van der Waals surface area contributed by atoms with Gasteiger partial charge in [-0.05, 0) is 18.8 Å². The maximum Gasteiger partial charge on any atom is 0.222 e. The number of aliphatic imine (C=N–C) groups is 2. The van der Waals surface area contributed by atoms with Crippen molar-refractivity contribution in [1.29, 1.82) is 0 Å². The molecule has 0 rings (SSSR count). The first-order valence-electron chi connectivity index (χ1n) is 6.72. The summed E-state index contributed by atoms with van der Waals surface area (Å²) < 4.78 is 0. The van der Waals surface area contributed by atoms with Crippen LogP contribution in [0.25, 0.3) is 0 Å². The molecule has 0 aromatic carbocycles. The second kappa shape index (κ2) is 8.11. The van der Waals surface area contributed by atoms with Gasteiger partial charge in [-0.3, -0.25) is 4.99 Å². The largest absolute Gasteiger partial charge is 0.366 e. The average Bonchev–Trinajstić information content (AvgIpc) is 2.21. The first-order chi connectivity index (χ1) is 8.23. The fourth-order valence-corrected chi connectivity index (χ4v) is 1.38. The van der Waals surface area contributed by atoms with E-state index in [0.717, 1.165) is 24.9 Å². The van der Waals surface area contributed by atoms with Crippen molar-refractivity contribution in [3.63, 3.8) is 0 Å². The van der Waals surface area contributed by atoms with Crippen LogP contribution in [0.4, 0.5) is 0 Å². The summed E-state index contributed by atoms with van der Waals surface area (Å²) in [7, 11) is 6.06. The van der Waals surface area contributed by atoms with Crippen molar-refractivity contribution in [3.8, 4) is 0 Å². The molecule has 0 amide bonds. The van der Waals surface area contributed by atoms with E-state index in [2.05, 4.69) is 49.6 Å². The predicted molar refractivity (Wildman–Crippen MR) is 81.4 cm³/mol. The van der Waals surface area contributed by atoms with Crippen LogP contribution in [0.5, 0.6) is 0 Å². The van der Waals surface area contributed by atoms with Crippen LogP contribution in [0.2, 0.25) is 0 Å². The molecular formula is C14H30N4. The minimum Gasteiger partial charge on any atom is -0.366 e. The third-order valence-corrected chi connectivity index (χ3v) is 2.49. The molecule has 0 aliphatic carbocycles. The molecule has 0 aromatic heterocycles. The van der Waals surface area contributed by atoms with Crippen LogP contribution < -0.4 is 0 Å². The highest BCUT2D eigenvalue weighted by atomic mass is 15.3. The molecule has 0 unspecified atom stereocenters. The quantitative estimate of drug-likeness (QED) is 0.570. The molecule has 0 saturated heterocycles. The molecule has 106 valence electrons. The minimum atomic E-state index is 0.558. The minimum absolute atomic E-state index is 0.558. The Balaban J connectivity index is 4.93. The summed E-state index contributed by atoms with van der Waals surface area (Å²) >= 11 is 0. The number of nitrogens with zero attached hydrogens (tertiary/aromatic N) is 4. The standard InChI is InChI=1S/C14H30N4/c1-11(2)9-15-14(16-13(5)17(6)7)18(8)10-12(3)4/h11-12H,9-10H2,1-8H3. The molecule has 18 heavy (non-hydrogen) atoms. The van der Waals surface area contributed by atoms with Crippen molar-refractivity contribution in [2.24, 2.45) is 21.8 Å². The van der Waals surface area contributed by atoms with E-state index < -0.39 is 0 Å². The number of amidine groups is 1. The topological polar surface area (TPSA) is 31.2 Å². The van der Waals surface area contributed by atoms with Gasteiger partial charge in [0.15, 0.2) is 0 Å². The average molecular weight is 254 g/mol. The SMILES string of the molecule is CC(=NC(=NCC(C)C)N(C)CC(C)C)N(C)C. The molecule has 0 spiro atoms. The zero-order chi connectivity index (χ0) is 14.3. The van der Waals surface area contributed by atoms with Crippen LogP contribution in [-0.2, 0) is 0 Å². The van der Waals surface area contributed by atoms with Gasteiger partial charge in [-0.15, -0.1) is 0 Å². The first kappa shape index (κ1) is 16.9. The van der Waals surface area contributed by atoms with Crippen LogP contribution in [0.3, 0.4) is 0 Å². The van der Waals surface area contributed by atoms with Crippen LogP contribution in [-0.4, -0.2) is 55.8 Å². The van der Waals surface area contributed by atoms with Crippen molar-refractivity contribution < 1.29 is 0 Å². The maximum atomic E-state index is 4.63. The fourth-order valence-electron chi connectivity index (χ4n) is 1.38. The molecule has 0 aliphatic heterocycles. The van der Waals surface area contributed by atoms with Gasteiger partial charge >= 0.3 is 0 Å².